The van der Waals surface area contributed by atoms with E-state index in [2.05, 4.69) is 0 Å². The van der Waals surface area contributed by atoms with Crippen molar-refractivity contribution in [2.24, 2.45) is 0 Å². The van der Waals surface area contributed by atoms with Gasteiger partial charge in [0.15, 0.2) is 0 Å². The molecular formula is C7H5N3O7. The molecule has 0 atom stereocenters. The lowest BCUT2D eigenvalue weighted by atomic mass is 10.1. The maximum Gasteiger partial charge on any atom is 0.426 e. The van der Waals surface area contributed by atoms with E-state index in [1.54, 1.807) is 0 Å². The highest BCUT2D eigenvalue weighted by atomic mass is 16.6. The molecule has 0 saturated heterocycles. The molecule has 1 aromatic rings. The third kappa shape index (κ3) is 1.95. The summed E-state index contributed by atoms with van der Waals surface area (Å²) in [7, 11) is 0. The van der Waals surface area contributed by atoms with Gasteiger partial charge in [0.2, 0.25) is 5.75 Å². The van der Waals surface area contributed by atoms with Gasteiger partial charge in [0, 0.05) is 11.6 Å². The summed E-state index contributed by atoms with van der Waals surface area (Å²) >= 11 is 0. The van der Waals surface area contributed by atoms with Crippen molar-refractivity contribution < 1.29 is 19.9 Å². The van der Waals surface area contributed by atoms with Crippen LogP contribution < -0.4 is 0 Å². The van der Waals surface area contributed by atoms with Crippen molar-refractivity contribution in [1.29, 1.82) is 0 Å². The molecule has 0 radical (unpaired) electrons. The average molecular weight is 243 g/mol. The zero-order valence-corrected chi connectivity index (χ0v) is 8.32. The molecule has 0 saturated carbocycles. The van der Waals surface area contributed by atoms with Gasteiger partial charge in [0.1, 0.15) is 0 Å². The van der Waals surface area contributed by atoms with Crippen molar-refractivity contribution in [1.82, 2.24) is 0 Å². The Kier molecular flexibility index (Phi) is 2.89. The minimum Gasteiger partial charge on any atom is -0.502 e. The molecule has 90 valence electrons. The van der Waals surface area contributed by atoms with Crippen LogP contribution in [0.5, 0.6) is 5.75 Å². The Hall–Kier alpha value is -2.78. The molecule has 0 spiro atoms. The zero-order chi connectivity index (χ0) is 13.3. The first-order valence-corrected chi connectivity index (χ1v) is 4.07. The smallest absolute Gasteiger partial charge is 0.426 e. The molecule has 0 bridgehead atoms. The van der Waals surface area contributed by atoms with Crippen LogP contribution in [-0.2, 0) is 0 Å². The summed E-state index contributed by atoms with van der Waals surface area (Å²) in [5.41, 5.74) is -3.82. The lowest BCUT2D eigenvalue weighted by Gasteiger charge is -2.01. The highest BCUT2D eigenvalue weighted by molar-refractivity contribution is 5.73. The van der Waals surface area contributed by atoms with Gasteiger partial charge in [-0.2, -0.15) is 0 Å². The maximum absolute atomic E-state index is 10.6. The normalized spacial score (nSPS) is 9.94. The molecule has 10 heteroatoms. The van der Waals surface area contributed by atoms with E-state index in [1.165, 1.54) is 6.92 Å². The van der Waals surface area contributed by atoms with Gasteiger partial charge in [-0.05, 0) is 6.92 Å². The van der Waals surface area contributed by atoms with Crippen LogP contribution in [0.3, 0.4) is 0 Å². The Labute approximate surface area is 92.5 Å². The number of nitrogens with zero attached hydrogens (tertiary/aromatic N) is 3. The summed E-state index contributed by atoms with van der Waals surface area (Å²) in [5.74, 6) is -0.952. The van der Waals surface area contributed by atoms with Crippen LogP contribution in [-0.4, -0.2) is 19.9 Å². The Morgan fingerprint density at radius 1 is 1.00 bits per heavy atom. The fourth-order valence-electron chi connectivity index (χ4n) is 1.25. The average Bonchev–Trinajstić information content (AvgIpc) is 2.19. The van der Waals surface area contributed by atoms with Gasteiger partial charge < -0.3 is 5.11 Å². The Bertz CT molecular complexity index is 539. The van der Waals surface area contributed by atoms with E-state index < -0.39 is 37.6 Å². The van der Waals surface area contributed by atoms with E-state index in [-0.39, 0.29) is 5.56 Å². The summed E-state index contributed by atoms with van der Waals surface area (Å²) in [6, 6.07) is 0.709. The number of rotatable bonds is 3. The number of nitro benzene ring substituents is 3. The van der Waals surface area contributed by atoms with Gasteiger partial charge in [-0.15, -0.1) is 0 Å². The largest absolute Gasteiger partial charge is 0.502 e. The number of aryl methyl sites for hydroxylation is 1. The van der Waals surface area contributed by atoms with E-state index in [9.17, 15) is 35.4 Å². The second-order valence-corrected chi connectivity index (χ2v) is 3.03. The van der Waals surface area contributed by atoms with Crippen LogP contribution in [0.1, 0.15) is 5.56 Å². The molecule has 1 N–H and O–H groups in total. The first-order valence-electron chi connectivity index (χ1n) is 4.07. The third-order valence-corrected chi connectivity index (χ3v) is 1.98. The van der Waals surface area contributed by atoms with Gasteiger partial charge >= 0.3 is 17.1 Å². The van der Waals surface area contributed by atoms with Gasteiger partial charge in [-0.25, -0.2) is 0 Å². The van der Waals surface area contributed by atoms with Crippen LogP contribution in [0.15, 0.2) is 6.07 Å². The van der Waals surface area contributed by atoms with E-state index in [0.717, 1.165) is 0 Å². The number of phenolic OH excluding ortho intramolecular Hbond substituents is 1. The van der Waals surface area contributed by atoms with E-state index >= 15 is 0 Å². The Morgan fingerprint density at radius 2 is 1.47 bits per heavy atom. The topological polar surface area (TPSA) is 150 Å². The first kappa shape index (κ1) is 12.3. The Balaban J connectivity index is 3.83. The van der Waals surface area contributed by atoms with Crippen molar-refractivity contribution in [3.05, 3.63) is 42.0 Å². The van der Waals surface area contributed by atoms with E-state index in [1.807, 2.05) is 0 Å². The van der Waals surface area contributed by atoms with Gasteiger partial charge in [-0.3, -0.25) is 30.3 Å². The highest BCUT2D eigenvalue weighted by Crippen LogP contribution is 2.44. The molecule has 0 unspecified atom stereocenters. The van der Waals surface area contributed by atoms with Crippen molar-refractivity contribution in [3.8, 4) is 5.75 Å². The second kappa shape index (κ2) is 4.00. The number of hydrogen-bond donors (Lipinski definition) is 1. The predicted molar refractivity (Wildman–Crippen MR) is 52.8 cm³/mol. The van der Waals surface area contributed by atoms with Crippen molar-refractivity contribution in [3.63, 3.8) is 0 Å². The molecule has 0 aliphatic carbocycles. The zero-order valence-electron chi connectivity index (χ0n) is 8.32. The summed E-state index contributed by atoms with van der Waals surface area (Å²) in [6.45, 7) is 1.17. The summed E-state index contributed by atoms with van der Waals surface area (Å²) in [4.78, 5) is 28.1. The minimum absolute atomic E-state index is 0.186. The molecule has 0 aliphatic heterocycles. The monoisotopic (exact) mass is 243 g/mol. The van der Waals surface area contributed by atoms with Crippen molar-refractivity contribution in [2.75, 3.05) is 0 Å². The van der Waals surface area contributed by atoms with Crippen LogP contribution in [0, 0.1) is 37.3 Å². The minimum atomic E-state index is -1.33. The highest BCUT2D eigenvalue weighted by Gasteiger charge is 2.40. The molecule has 0 amide bonds. The molecule has 0 fully saturated rings. The standard InChI is InChI=1S/C7H5N3O7/c1-3-2-4(8(12)13)5(9(14)15)6(7(3)11)10(16)17/h2,11H,1H3. The lowest BCUT2D eigenvalue weighted by Crippen LogP contribution is -2.02. The first-order chi connectivity index (χ1) is 7.77. The summed E-state index contributed by atoms with van der Waals surface area (Å²) in [5, 5.41) is 41.1. The number of aromatic hydroxyl groups is 1. The fourth-order valence-corrected chi connectivity index (χ4v) is 1.25. The van der Waals surface area contributed by atoms with Gasteiger partial charge in [0.05, 0.1) is 14.8 Å². The number of benzene rings is 1. The quantitative estimate of drug-likeness (QED) is 0.622. The van der Waals surface area contributed by atoms with Gasteiger partial charge in [-0.1, -0.05) is 0 Å². The number of phenols is 1. The molecule has 0 aliphatic rings. The summed E-state index contributed by atoms with van der Waals surface area (Å²) in [6.07, 6.45) is 0. The molecule has 1 rings (SSSR count). The molecular weight excluding hydrogens is 238 g/mol. The second-order valence-electron chi connectivity index (χ2n) is 3.03. The van der Waals surface area contributed by atoms with Crippen LogP contribution in [0.4, 0.5) is 17.1 Å². The number of hydrogen-bond acceptors (Lipinski definition) is 7. The summed E-state index contributed by atoms with van der Waals surface area (Å²) < 4.78 is 0. The van der Waals surface area contributed by atoms with Crippen LogP contribution >= 0.6 is 0 Å². The van der Waals surface area contributed by atoms with Crippen molar-refractivity contribution >= 4 is 17.1 Å². The van der Waals surface area contributed by atoms with E-state index in [0.29, 0.717) is 6.07 Å². The van der Waals surface area contributed by atoms with Crippen molar-refractivity contribution in [2.45, 2.75) is 6.92 Å². The molecule has 0 heterocycles. The molecule has 10 nitrogen and oxygen atoms in total. The molecule has 1 aromatic carbocycles. The third-order valence-electron chi connectivity index (χ3n) is 1.98. The van der Waals surface area contributed by atoms with E-state index in [4.69, 9.17) is 0 Å². The predicted octanol–water partition coefficient (Wildman–Crippen LogP) is 1.43. The van der Waals surface area contributed by atoms with Crippen LogP contribution in [0.2, 0.25) is 0 Å². The Morgan fingerprint density at radius 3 is 1.82 bits per heavy atom. The number of nitro groups is 3. The molecule has 0 aromatic heterocycles. The maximum atomic E-state index is 10.6. The SMILES string of the molecule is Cc1cc([N+](=O)[O-])c([N+](=O)[O-])c([N+](=O)[O-])c1O. The lowest BCUT2D eigenvalue weighted by molar-refractivity contribution is -0.441. The molecule has 17 heavy (non-hydrogen) atoms. The fraction of sp³-hybridized carbons (Fsp3) is 0.143. The van der Waals surface area contributed by atoms with Gasteiger partial charge in [0.25, 0.3) is 0 Å². The van der Waals surface area contributed by atoms with Crippen LogP contribution in [0.25, 0.3) is 0 Å².